The first-order valence-corrected chi connectivity index (χ1v) is 8.68. The molecular weight excluding hydrogens is 314 g/mol. The van der Waals surface area contributed by atoms with Crippen LogP contribution in [0.4, 0.5) is 0 Å². The second-order valence-corrected chi connectivity index (χ2v) is 6.70. The predicted molar refractivity (Wildman–Crippen MR) is 90.7 cm³/mol. The Morgan fingerprint density at radius 1 is 1.17 bits per heavy atom. The van der Waals surface area contributed by atoms with Crippen molar-refractivity contribution in [1.29, 1.82) is 0 Å². The van der Waals surface area contributed by atoms with Crippen molar-refractivity contribution in [2.24, 2.45) is 0 Å². The molecule has 23 heavy (non-hydrogen) atoms. The van der Waals surface area contributed by atoms with Crippen molar-refractivity contribution < 1.29 is 14.7 Å². The molecule has 0 saturated heterocycles. The number of amides is 1. The maximum absolute atomic E-state index is 12.8. The molecule has 1 aliphatic rings. The SMILES string of the molecule is O=C(O)CCCCCNC(=O)C1(c2cccc(Cl)c2)CCCC1. The minimum atomic E-state index is -0.764. The number of carbonyl (C=O) groups is 2. The lowest BCUT2D eigenvalue weighted by molar-refractivity contribution is -0.137. The summed E-state index contributed by atoms with van der Waals surface area (Å²) in [5.41, 5.74) is 0.553. The zero-order chi connectivity index (χ0) is 16.7. The van der Waals surface area contributed by atoms with E-state index in [0.29, 0.717) is 18.0 Å². The third-order valence-electron chi connectivity index (χ3n) is 4.62. The van der Waals surface area contributed by atoms with Crippen LogP contribution in [0.15, 0.2) is 24.3 Å². The Hall–Kier alpha value is -1.55. The molecule has 1 saturated carbocycles. The quantitative estimate of drug-likeness (QED) is 0.707. The van der Waals surface area contributed by atoms with E-state index in [4.69, 9.17) is 16.7 Å². The summed E-state index contributed by atoms with van der Waals surface area (Å²) < 4.78 is 0. The molecule has 4 nitrogen and oxygen atoms in total. The Balaban J connectivity index is 1.90. The van der Waals surface area contributed by atoms with Crippen molar-refractivity contribution >= 4 is 23.5 Å². The van der Waals surface area contributed by atoms with Crippen LogP contribution in [0.25, 0.3) is 0 Å². The minimum Gasteiger partial charge on any atom is -0.481 e. The first-order chi connectivity index (χ1) is 11.0. The number of rotatable bonds is 8. The fraction of sp³-hybridized carbons (Fsp3) is 0.556. The monoisotopic (exact) mass is 337 g/mol. The number of unbranched alkanes of at least 4 members (excludes halogenated alkanes) is 2. The highest BCUT2D eigenvalue weighted by Gasteiger charge is 2.42. The third-order valence-corrected chi connectivity index (χ3v) is 4.86. The van der Waals surface area contributed by atoms with Crippen molar-refractivity contribution in [2.45, 2.75) is 56.8 Å². The Kier molecular flexibility index (Phi) is 6.46. The molecule has 5 heteroatoms. The van der Waals surface area contributed by atoms with E-state index >= 15 is 0 Å². The fourth-order valence-electron chi connectivity index (χ4n) is 3.36. The van der Waals surface area contributed by atoms with Gasteiger partial charge in [-0.15, -0.1) is 0 Å². The molecule has 0 bridgehead atoms. The molecule has 2 N–H and O–H groups in total. The first kappa shape index (κ1) is 17.8. The molecule has 0 spiro atoms. The number of hydrogen-bond donors (Lipinski definition) is 2. The van der Waals surface area contributed by atoms with Crippen LogP contribution in [-0.2, 0) is 15.0 Å². The smallest absolute Gasteiger partial charge is 0.303 e. The number of carbonyl (C=O) groups excluding carboxylic acids is 1. The highest BCUT2D eigenvalue weighted by Crippen LogP contribution is 2.42. The Morgan fingerprint density at radius 3 is 2.57 bits per heavy atom. The molecule has 1 fully saturated rings. The average molecular weight is 338 g/mol. The lowest BCUT2D eigenvalue weighted by Crippen LogP contribution is -2.43. The molecule has 0 heterocycles. The highest BCUT2D eigenvalue weighted by molar-refractivity contribution is 6.30. The zero-order valence-electron chi connectivity index (χ0n) is 13.3. The van der Waals surface area contributed by atoms with Gasteiger partial charge in [-0.1, -0.05) is 43.0 Å². The summed E-state index contributed by atoms with van der Waals surface area (Å²) in [4.78, 5) is 23.2. The largest absolute Gasteiger partial charge is 0.481 e. The van der Waals surface area contributed by atoms with Crippen molar-refractivity contribution in [3.63, 3.8) is 0 Å². The van der Waals surface area contributed by atoms with Crippen LogP contribution < -0.4 is 5.32 Å². The van der Waals surface area contributed by atoms with Gasteiger partial charge in [-0.05, 0) is 43.4 Å². The molecule has 0 unspecified atom stereocenters. The Morgan fingerprint density at radius 2 is 1.91 bits per heavy atom. The topological polar surface area (TPSA) is 66.4 Å². The van der Waals surface area contributed by atoms with Crippen molar-refractivity contribution in [2.75, 3.05) is 6.54 Å². The Bertz CT molecular complexity index is 553. The van der Waals surface area contributed by atoms with Crippen LogP contribution in [0.2, 0.25) is 5.02 Å². The van der Waals surface area contributed by atoms with Gasteiger partial charge in [0, 0.05) is 18.0 Å². The molecule has 1 aliphatic carbocycles. The van der Waals surface area contributed by atoms with E-state index in [2.05, 4.69) is 5.32 Å². The zero-order valence-corrected chi connectivity index (χ0v) is 14.1. The predicted octanol–water partition coefficient (Wildman–Crippen LogP) is 3.91. The molecule has 1 aromatic carbocycles. The molecule has 0 atom stereocenters. The third kappa shape index (κ3) is 4.71. The molecule has 1 amide bonds. The van der Waals surface area contributed by atoms with Gasteiger partial charge in [-0.25, -0.2) is 0 Å². The number of benzene rings is 1. The number of nitrogens with one attached hydrogen (secondary N) is 1. The van der Waals surface area contributed by atoms with E-state index in [0.717, 1.165) is 44.1 Å². The standard InChI is InChI=1S/C18H24ClNO3/c19-15-8-6-7-14(13-15)18(10-3-4-11-18)17(23)20-12-5-1-2-9-16(21)22/h6-8,13H,1-5,9-12H2,(H,20,23)(H,21,22). The molecule has 0 aliphatic heterocycles. The normalized spacial score (nSPS) is 16.2. The van der Waals surface area contributed by atoms with E-state index in [-0.39, 0.29) is 12.3 Å². The van der Waals surface area contributed by atoms with Crippen LogP contribution in [0.3, 0.4) is 0 Å². The summed E-state index contributed by atoms with van der Waals surface area (Å²) in [5.74, 6) is -0.685. The maximum Gasteiger partial charge on any atom is 0.303 e. The van der Waals surface area contributed by atoms with Gasteiger partial charge in [0.05, 0.1) is 5.41 Å². The molecule has 2 rings (SSSR count). The number of halogens is 1. The van der Waals surface area contributed by atoms with Crippen LogP contribution in [0.5, 0.6) is 0 Å². The van der Waals surface area contributed by atoms with E-state index < -0.39 is 11.4 Å². The molecule has 126 valence electrons. The highest BCUT2D eigenvalue weighted by atomic mass is 35.5. The van der Waals surface area contributed by atoms with Gasteiger partial charge in [0.1, 0.15) is 0 Å². The number of carboxylic acids is 1. The van der Waals surface area contributed by atoms with Crippen molar-refractivity contribution in [3.8, 4) is 0 Å². The molecule has 0 radical (unpaired) electrons. The van der Waals surface area contributed by atoms with E-state index in [9.17, 15) is 9.59 Å². The van der Waals surface area contributed by atoms with E-state index in [1.807, 2.05) is 24.3 Å². The van der Waals surface area contributed by atoms with Crippen LogP contribution in [0.1, 0.15) is 56.9 Å². The summed E-state index contributed by atoms with van der Waals surface area (Å²) in [5, 5.41) is 12.3. The molecular formula is C18H24ClNO3. The van der Waals surface area contributed by atoms with Gasteiger partial charge in [-0.3, -0.25) is 9.59 Å². The van der Waals surface area contributed by atoms with Crippen LogP contribution in [-0.4, -0.2) is 23.5 Å². The summed E-state index contributed by atoms with van der Waals surface area (Å²) in [7, 11) is 0. The average Bonchev–Trinajstić information content (AvgIpc) is 3.01. The Labute approximate surface area is 142 Å². The molecule has 0 aromatic heterocycles. The van der Waals surface area contributed by atoms with Gasteiger partial charge >= 0.3 is 5.97 Å². The maximum atomic E-state index is 12.8. The van der Waals surface area contributed by atoms with Crippen LogP contribution >= 0.6 is 11.6 Å². The van der Waals surface area contributed by atoms with Gasteiger partial charge < -0.3 is 10.4 Å². The van der Waals surface area contributed by atoms with E-state index in [1.54, 1.807) is 0 Å². The lowest BCUT2D eigenvalue weighted by atomic mass is 9.78. The number of aliphatic carboxylic acids is 1. The van der Waals surface area contributed by atoms with Gasteiger partial charge in [0.2, 0.25) is 5.91 Å². The summed E-state index contributed by atoms with van der Waals surface area (Å²) in [6, 6.07) is 7.62. The lowest BCUT2D eigenvalue weighted by Gasteiger charge is -2.28. The van der Waals surface area contributed by atoms with Crippen molar-refractivity contribution in [3.05, 3.63) is 34.9 Å². The van der Waals surface area contributed by atoms with Crippen LogP contribution in [0, 0.1) is 0 Å². The van der Waals surface area contributed by atoms with Gasteiger partial charge in [-0.2, -0.15) is 0 Å². The summed E-state index contributed by atoms with van der Waals surface area (Å²) in [6.07, 6.45) is 6.31. The number of carboxylic acid groups (broad SMARTS) is 1. The molecule has 1 aromatic rings. The number of hydrogen-bond acceptors (Lipinski definition) is 2. The van der Waals surface area contributed by atoms with Gasteiger partial charge in [0.15, 0.2) is 0 Å². The van der Waals surface area contributed by atoms with E-state index in [1.165, 1.54) is 0 Å². The second kappa shape index (κ2) is 8.34. The summed E-state index contributed by atoms with van der Waals surface area (Å²) >= 11 is 6.10. The first-order valence-electron chi connectivity index (χ1n) is 8.31. The van der Waals surface area contributed by atoms with Crippen molar-refractivity contribution in [1.82, 2.24) is 5.32 Å². The minimum absolute atomic E-state index is 0.0792. The summed E-state index contributed by atoms with van der Waals surface area (Å²) in [6.45, 7) is 0.598. The second-order valence-electron chi connectivity index (χ2n) is 6.26. The van der Waals surface area contributed by atoms with Gasteiger partial charge in [0.25, 0.3) is 0 Å². The fourth-order valence-corrected chi connectivity index (χ4v) is 3.55.